The molecule has 0 radical (unpaired) electrons. The van der Waals surface area contributed by atoms with Crippen LogP contribution in [-0.4, -0.2) is 60.7 Å². The second kappa shape index (κ2) is 7.64. The predicted molar refractivity (Wildman–Crippen MR) is 142 cm³/mol. The molecule has 6 rings (SSSR count). The summed E-state index contributed by atoms with van der Waals surface area (Å²) in [4.78, 5) is 2.82. The van der Waals surface area contributed by atoms with Crippen molar-refractivity contribution in [2.24, 2.45) is 22.7 Å². The normalized spacial score (nSPS) is 40.9. The summed E-state index contributed by atoms with van der Waals surface area (Å²) in [5, 5.41) is 12.4. The first-order chi connectivity index (χ1) is 16.9. The van der Waals surface area contributed by atoms with Gasteiger partial charge in [0, 0.05) is 36.6 Å². The van der Waals surface area contributed by atoms with E-state index in [1.165, 1.54) is 30.5 Å². The van der Waals surface area contributed by atoms with E-state index in [0.29, 0.717) is 6.04 Å². The van der Waals surface area contributed by atoms with Gasteiger partial charge < -0.3 is 19.3 Å². The van der Waals surface area contributed by atoms with Crippen LogP contribution in [0.2, 0.25) is 0 Å². The fourth-order valence-electron chi connectivity index (χ4n) is 9.24. The van der Waals surface area contributed by atoms with E-state index < -0.39 is 11.2 Å². The van der Waals surface area contributed by atoms with E-state index in [4.69, 9.17) is 14.2 Å². The Balaban J connectivity index is 1.61. The Hall–Kier alpha value is -1.30. The maximum Gasteiger partial charge on any atom is 0.165 e. The molecule has 1 spiro atoms. The van der Waals surface area contributed by atoms with Crippen LogP contribution in [0.1, 0.15) is 84.8 Å². The van der Waals surface area contributed by atoms with E-state index >= 15 is 0 Å². The van der Waals surface area contributed by atoms with E-state index in [2.05, 4.69) is 58.6 Å². The first-order valence-electron chi connectivity index (χ1n) is 14.3. The summed E-state index contributed by atoms with van der Waals surface area (Å²) < 4.78 is 19.7. The molecule has 2 bridgehead atoms. The average molecular weight is 498 g/mol. The number of benzene rings is 1. The molecule has 200 valence electrons. The molecule has 1 unspecified atom stereocenters. The minimum atomic E-state index is -0.929. The van der Waals surface area contributed by atoms with Gasteiger partial charge in [0.25, 0.3) is 0 Å². The fraction of sp³-hybridized carbons (Fsp3) is 0.806. The van der Waals surface area contributed by atoms with Crippen LogP contribution >= 0.6 is 0 Å². The molecule has 5 heteroatoms. The van der Waals surface area contributed by atoms with Crippen molar-refractivity contribution in [2.45, 2.75) is 109 Å². The molecule has 5 nitrogen and oxygen atoms in total. The Labute approximate surface area is 217 Å². The zero-order valence-electron chi connectivity index (χ0n) is 23.7. The quantitative estimate of drug-likeness (QED) is 0.574. The maximum atomic E-state index is 12.4. The number of ether oxygens (including phenoxy) is 3. The topological polar surface area (TPSA) is 51.2 Å². The Morgan fingerprint density at radius 1 is 1.17 bits per heavy atom. The fourth-order valence-corrected chi connectivity index (χ4v) is 9.24. The Kier molecular flexibility index (Phi) is 5.30. The molecule has 1 saturated heterocycles. The number of hydrogen-bond donors (Lipinski definition) is 1. The summed E-state index contributed by atoms with van der Waals surface area (Å²) in [6.07, 6.45) is 6.43. The SMILES string of the molecule is CCC1(OC)[C@@H]([C@](C)(O)C(C)(C)C)C[C@]2(C)[C@H]3Cc4ccc(OC)c5c4[C@@]2(CCN3CC2CC2)[C@H]1O5. The van der Waals surface area contributed by atoms with E-state index in [1.54, 1.807) is 7.11 Å². The summed E-state index contributed by atoms with van der Waals surface area (Å²) in [7, 11) is 3.60. The number of methoxy groups -OCH3 is 2. The van der Waals surface area contributed by atoms with Crippen molar-refractivity contribution < 1.29 is 19.3 Å². The number of piperidine rings is 1. The molecule has 1 aromatic rings. The van der Waals surface area contributed by atoms with Crippen molar-refractivity contribution >= 4 is 0 Å². The number of likely N-dealkylation sites (tertiary alicyclic amines) is 1. The third-order valence-electron chi connectivity index (χ3n) is 11.9. The highest BCUT2D eigenvalue weighted by Gasteiger charge is 2.78. The lowest BCUT2D eigenvalue weighted by Gasteiger charge is -2.71. The van der Waals surface area contributed by atoms with Gasteiger partial charge in [-0.05, 0) is 80.4 Å². The minimum Gasteiger partial charge on any atom is -0.493 e. The lowest BCUT2D eigenvalue weighted by Crippen LogP contribution is -2.79. The lowest BCUT2D eigenvalue weighted by atomic mass is 9.38. The smallest absolute Gasteiger partial charge is 0.165 e. The van der Waals surface area contributed by atoms with Crippen molar-refractivity contribution in [3.05, 3.63) is 23.3 Å². The summed E-state index contributed by atoms with van der Waals surface area (Å²) in [6, 6.07) is 4.85. The summed E-state index contributed by atoms with van der Waals surface area (Å²) in [6.45, 7) is 15.6. The summed E-state index contributed by atoms with van der Waals surface area (Å²) in [5.74, 6) is 2.57. The molecule has 1 aromatic carbocycles. The third-order valence-corrected chi connectivity index (χ3v) is 11.9. The number of aliphatic hydroxyl groups is 1. The molecule has 7 atom stereocenters. The maximum absolute atomic E-state index is 12.4. The molecule has 36 heavy (non-hydrogen) atoms. The van der Waals surface area contributed by atoms with Crippen LogP contribution in [0, 0.1) is 22.7 Å². The van der Waals surface area contributed by atoms with Crippen molar-refractivity contribution in [3.8, 4) is 11.5 Å². The van der Waals surface area contributed by atoms with E-state index in [0.717, 1.165) is 49.6 Å². The molecule has 3 aliphatic carbocycles. The van der Waals surface area contributed by atoms with Gasteiger partial charge in [-0.15, -0.1) is 0 Å². The van der Waals surface area contributed by atoms with Crippen LogP contribution in [0.25, 0.3) is 0 Å². The van der Waals surface area contributed by atoms with E-state index in [-0.39, 0.29) is 28.3 Å². The van der Waals surface area contributed by atoms with Crippen LogP contribution in [0.5, 0.6) is 11.5 Å². The van der Waals surface area contributed by atoms with Gasteiger partial charge >= 0.3 is 0 Å². The van der Waals surface area contributed by atoms with Gasteiger partial charge in [-0.25, -0.2) is 0 Å². The highest BCUT2D eigenvalue weighted by Crippen LogP contribution is 2.73. The Bertz CT molecular complexity index is 1050. The van der Waals surface area contributed by atoms with Crippen molar-refractivity contribution in [2.75, 3.05) is 27.3 Å². The molecular formula is C31H47NO4. The van der Waals surface area contributed by atoms with Gasteiger partial charge in [-0.1, -0.05) is 40.7 Å². The van der Waals surface area contributed by atoms with Gasteiger partial charge in [0.2, 0.25) is 0 Å². The highest BCUT2D eigenvalue weighted by molar-refractivity contribution is 5.63. The minimum absolute atomic E-state index is 0.0352. The number of rotatable bonds is 6. The van der Waals surface area contributed by atoms with Crippen molar-refractivity contribution in [1.82, 2.24) is 4.90 Å². The van der Waals surface area contributed by atoms with Gasteiger partial charge in [0.1, 0.15) is 11.7 Å². The largest absolute Gasteiger partial charge is 0.493 e. The van der Waals surface area contributed by atoms with Crippen LogP contribution in [0.15, 0.2) is 12.1 Å². The van der Waals surface area contributed by atoms with Crippen LogP contribution < -0.4 is 9.47 Å². The van der Waals surface area contributed by atoms with E-state index in [9.17, 15) is 5.11 Å². The molecule has 3 fully saturated rings. The van der Waals surface area contributed by atoms with Gasteiger partial charge in [-0.3, -0.25) is 4.90 Å². The van der Waals surface area contributed by atoms with Crippen molar-refractivity contribution in [3.63, 3.8) is 0 Å². The second-order valence-electron chi connectivity index (χ2n) is 14.1. The third kappa shape index (κ3) is 2.83. The first-order valence-corrected chi connectivity index (χ1v) is 14.3. The molecule has 0 aromatic heterocycles. The molecule has 1 N–H and O–H groups in total. The van der Waals surface area contributed by atoms with Gasteiger partial charge in [-0.2, -0.15) is 0 Å². The Morgan fingerprint density at radius 3 is 2.47 bits per heavy atom. The van der Waals surface area contributed by atoms with Gasteiger partial charge in [0.05, 0.1) is 12.7 Å². The predicted octanol–water partition coefficient (Wildman–Crippen LogP) is 5.35. The zero-order valence-corrected chi connectivity index (χ0v) is 23.7. The first kappa shape index (κ1) is 25.0. The Morgan fingerprint density at radius 2 is 1.89 bits per heavy atom. The van der Waals surface area contributed by atoms with Gasteiger partial charge in [0.15, 0.2) is 11.5 Å². The van der Waals surface area contributed by atoms with E-state index in [1.807, 2.05) is 7.11 Å². The average Bonchev–Trinajstić information content (AvgIpc) is 3.57. The van der Waals surface area contributed by atoms with Crippen LogP contribution in [-0.2, 0) is 16.6 Å². The molecule has 5 aliphatic rings. The van der Waals surface area contributed by atoms with Crippen LogP contribution in [0.4, 0.5) is 0 Å². The molecule has 2 aliphatic heterocycles. The highest BCUT2D eigenvalue weighted by atomic mass is 16.6. The lowest BCUT2D eigenvalue weighted by molar-refractivity contribution is -0.277. The molecule has 2 saturated carbocycles. The standard InChI is InChI=1S/C31H47NO4/c1-9-31(35-8)22(29(6,33)27(2,3)4)17-28(5)23-16-20-12-13-21(34-7)25-24(20)30(28,26(31)36-25)14-15-32(23)18-19-10-11-19/h12-13,19,22-23,26,33H,9-11,14-18H2,1-8H3/t22-,23-,26-,28-,29+,30+,31?/m1/s1. The van der Waals surface area contributed by atoms with Crippen molar-refractivity contribution in [1.29, 1.82) is 0 Å². The zero-order chi connectivity index (χ0) is 25.9. The molecular weight excluding hydrogens is 450 g/mol. The second-order valence-corrected chi connectivity index (χ2v) is 14.1. The molecule has 0 amide bonds. The number of nitrogens with zero attached hydrogens (tertiary/aromatic N) is 1. The van der Waals surface area contributed by atoms with Crippen LogP contribution in [0.3, 0.4) is 0 Å². The summed E-state index contributed by atoms with van der Waals surface area (Å²) in [5.41, 5.74) is 0.806. The molecule has 2 heterocycles. The monoisotopic (exact) mass is 497 g/mol. The number of hydrogen-bond acceptors (Lipinski definition) is 5. The summed E-state index contributed by atoms with van der Waals surface area (Å²) >= 11 is 0.